The molecule has 1 aliphatic heterocycles. The molecule has 0 aromatic heterocycles. The van der Waals surface area contributed by atoms with Gasteiger partial charge in [-0.25, -0.2) is 4.79 Å². The Morgan fingerprint density at radius 1 is 0.935 bits per heavy atom. The van der Waals surface area contributed by atoms with Crippen molar-refractivity contribution in [3.05, 3.63) is 95.1 Å². The van der Waals surface area contributed by atoms with Gasteiger partial charge in [0.15, 0.2) is 6.61 Å². The number of hydrogen-bond acceptors (Lipinski definition) is 5. The van der Waals surface area contributed by atoms with Crippen molar-refractivity contribution in [1.82, 2.24) is 4.90 Å². The molecule has 1 aliphatic rings. The highest BCUT2D eigenvalue weighted by Gasteiger charge is 2.22. The molecule has 0 fully saturated rings. The lowest BCUT2D eigenvalue weighted by Gasteiger charge is -2.28. The lowest BCUT2D eigenvalue weighted by atomic mass is 10.00. The van der Waals surface area contributed by atoms with E-state index in [9.17, 15) is 14.9 Å². The molecule has 4 rings (SSSR count). The predicted octanol–water partition coefficient (Wildman–Crippen LogP) is 4.45. The molecule has 154 valence electrons. The number of hydrogen-bond donors (Lipinski definition) is 0. The van der Waals surface area contributed by atoms with Gasteiger partial charge in [-0.05, 0) is 41.8 Å². The SMILES string of the molecule is N#Cc1ccccc1Sc1ccccc1C(=O)OCC(=O)N1CCc2ccccc2C1. The van der Waals surface area contributed by atoms with Crippen molar-refractivity contribution >= 4 is 23.6 Å². The van der Waals surface area contributed by atoms with E-state index in [0.29, 0.717) is 29.1 Å². The van der Waals surface area contributed by atoms with Crippen LogP contribution in [0.15, 0.2) is 82.6 Å². The Labute approximate surface area is 185 Å². The number of amides is 1. The zero-order valence-electron chi connectivity index (χ0n) is 16.8. The molecule has 0 N–H and O–H groups in total. The maximum Gasteiger partial charge on any atom is 0.339 e. The standard InChI is InChI=1S/C25H20N2O3S/c26-15-19-8-3-5-11-22(19)31-23-12-6-4-10-21(23)25(29)30-17-24(28)27-14-13-18-7-1-2-9-20(18)16-27/h1-12H,13-14,16-17H2. The zero-order valence-corrected chi connectivity index (χ0v) is 17.6. The average Bonchev–Trinajstić information content (AvgIpc) is 2.82. The lowest BCUT2D eigenvalue weighted by molar-refractivity contribution is -0.135. The van der Waals surface area contributed by atoms with E-state index in [2.05, 4.69) is 12.1 Å². The molecule has 5 nitrogen and oxygen atoms in total. The van der Waals surface area contributed by atoms with Gasteiger partial charge in [0.2, 0.25) is 0 Å². The highest BCUT2D eigenvalue weighted by molar-refractivity contribution is 7.99. The highest BCUT2D eigenvalue weighted by atomic mass is 32.2. The molecule has 6 heteroatoms. The van der Waals surface area contributed by atoms with E-state index in [0.717, 1.165) is 16.9 Å². The van der Waals surface area contributed by atoms with Crippen molar-refractivity contribution < 1.29 is 14.3 Å². The first-order valence-electron chi connectivity index (χ1n) is 9.93. The van der Waals surface area contributed by atoms with E-state index in [-0.39, 0.29) is 12.5 Å². The van der Waals surface area contributed by atoms with E-state index >= 15 is 0 Å². The van der Waals surface area contributed by atoms with Crippen molar-refractivity contribution in [3.8, 4) is 6.07 Å². The summed E-state index contributed by atoms with van der Waals surface area (Å²) in [5.74, 6) is -0.758. The minimum absolute atomic E-state index is 0.206. The van der Waals surface area contributed by atoms with Crippen LogP contribution in [0.5, 0.6) is 0 Å². The molecule has 3 aromatic rings. The summed E-state index contributed by atoms with van der Waals surface area (Å²) >= 11 is 1.33. The van der Waals surface area contributed by atoms with Gasteiger partial charge in [0, 0.05) is 22.9 Å². The van der Waals surface area contributed by atoms with Crippen molar-refractivity contribution in [3.63, 3.8) is 0 Å². The average molecular weight is 429 g/mol. The molecular weight excluding hydrogens is 408 g/mol. The molecule has 0 radical (unpaired) electrons. The zero-order chi connectivity index (χ0) is 21.6. The van der Waals surface area contributed by atoms with Gasteiger partial charge in [-0.1, -0.05) is 60.3 Å². The van der Waals surface area contributed by atoms with Crippen LogP contribution in [0.25, 0.3) is 0 Å². The first-order valence-corrected chi connectivity index (χ1v) is 10.7. The van der Waals surface area contributed by atoms with Gasteiger partial charge >= 0.3 is 5.97 Å². The van der Waals surface area contributed by atoms with Crippen molar-refractivity contribution in [2.75, 3.05) is 13.2 Å². The first kappa shape index (κ1) is 20.7. The van der Waals surface area contributed by atoms with Gasteiger partial charge in [0.05, 0.1) is 11.1 Å². The molecule has 0 aliphatic carbocycles. The number of fused-ring (bicyclic) bond motifs is 1. The Kier molecular flexibility index (Phi) is 6.34. The Morgan fingerprint density at radius 2 is 1.61 bits per heavy atom. The molecule has 1 heterocycles. The maximum atomic E-state index is 12.7. The lowest BCUT2D eigenvalue weighted by Crippen LogP contribution is -2.38. The summed E-state index contributed by atoms with van der Waals surface area (Å²) in [6.45, 7) is 0.851. The Hall–Kier alpha value is -3.56. The number of rotatable bonds is 5. The summed E-state index contributed by atoms with van der Waals surface area (Å²) in [7, 11) is 0. The second-order valence-electron chi connectivity index (χ2n) is 7.12. The normalized spacial score (nSPS) is 12.5. The number of carbonyl (C=O) groups is 2. The number of esters is 1. The number of nitrogens with zero attached hydrogens (tertiary/aromatic N) is 2. The monoisotopic (exact) mass is 428 g/mol. The highest BCUT2D eigenvalue weighted by Crippen LogP contribution is 2.33. The largest absolute Gasteiger partial charge is 0.452 e. The van der Waals surface area contributed by atoms with Gasteiger partial charge in [-0.15, -0.1) is 0 Å². The fourth-order valence-corrected chi connectivity index (χ4v) is 4.51. The fraction of sp³-hybridized carbons (Fsp3) is 0.160. The number of benzene rings is 3. The van der Waals surface area contributed by atoms with Crippen molar-refractivity contribution in [2.24, 2.45) is 0 Å². The van der Waals surface area contributed by atoms with E-state index < -0.39 is 5.97 Å². The summed E-state index contributed by atoms with van der Waals surface area (Å²) in [4.78, 5) is 28.5. The van der Waals surface area contributed by atoms with Gasteiger partial charge < -0.3 is 9.64 Å². The summed E-state index contributed by atoms with van der Waals surface area (Å²) in [6, 6.07) is 24.5. The molecule has 0 saturated heterocycles. The van der Waals surface area contributed by atoms with Gasteiger partial charge in [-0.2, -0.15) is 5.26 Å². The van der Waals surface area contributed by atoms with Crippen LogP contribution in [0.4, 0.5) is 0 Å². The molecule has 0 atom stereocenters. The van der Waals surface area contributed by atoms with Gasteiger partial charge in [0.25, 0.3) is 5.91 Å². The third kappa shape index (κ3) is 4.79. The van der Waals surface area contributed by atoms with E-state index in [1.165, 1.54) is 17.3 Å². The minimum atomic E-state index is -0.553. The Morgan fingerprint density at radius 3 is 2.42 bits per heavy atom. The second-order valence-corrected chi connectivity index (χ2v) is 8.20. The molecule has 0 unspecified atom stereocenters. The Balaban J connectivity index is 1.42. The topological polar surface area (TPSA) is 70.4 Å². The summed E-state index contributed by atoms with van der Waals surface area (Å²) in [6.07, 6.45) is 0.799. The van der Waals surface area contributed by atoms with E-state index in [1.54, 1.807) is 35.2 Å². The van der Waals surface area contributed by atoms with Crippen molar-refractivity contribution in [2.45, 2.75) is 22.8 Å². The smallest absolute Gasteiger partial charge is 0.339 e. The Bertz CT molecular complexity index is 1170. The molecule has 0 spiro atoms. The number of carbonyl (C=O) groups excluding carboxylic acids is 2. The molecule has 1 amide bonds. The first-order chi connectivity index (χ1) is 15.2. The fourth-order valence-electron chi connectivity index (χ4n) is 3.50. The molecule has 0 saturated carbocycles. The van der Waals surface area contributed by atoms with Gasteiger partial charge in [0.1, 0.15) is 6.07 Å². The quantitative estimate of drug-likeness (QED) is 0.562. The van der Waals surface area contributed by atoms with Gasteiger partial charge in [-0.3, -0.25) is 4.79 Å². The van der Waals surface area contributed by atoms with Crippen LogP contribution in [0, 0.1) is 11.3 Å². The molecule has 31 heavy (non-hydrogen) atoms. The summed E-state index contributed by atoms with van der Waals surface area (Å²) in [5, 5.41) is 9.31. The van der Waals surface area contributed by atoms with E-state index in [4.69, 9.17) is 4.74 Å². The number of ether oxygens (including phenoxy) is 1. The molecule has 3 aromatic carbocycles. The summed E-state index contributed by atoms with van der Waals surface area (Å²) in [5.41, 5.74) is 3.30. The third-order valence-electron chi connectivity index (χ3n) is 5.14. The predicted molar refractivity (Wildman–Crippen MR) is 118 cm³/mol. The third-order valence-corrected chi connectivity index (χ3v) is 6.30. The maximum absolute atomic E-state index is 12.7. The van der Waals surface area contributed by atoms with Crippen LogP contribution in [-0.4, -0.2) is 29.9 Å². The summed E-state index contributed by atoms with van der Waals surface area (Å²) < 4.78 is 5.36. The number of nitriles is 1. The van der Waals surface area contributed by atoms with E-state index in [1.807, 2.05) is 36.4 Å². The van der Waals surface area contributed by atoms with Crippen LogP contribution in [0.1, 0.15) is 27.0 Å². The van der Waals surface area contributed by atoms with Crippen molar-refractivity contribution in [1.29, 1.82) is 5.26 Å². The molecular formula is C25H20N2O3S. The van der Waals surface area contributed by atoms with Crippen LogP contribution < -0.4 is 0 Å². The molecule has 0 bridgehead atoms. The van der Waals surface area contributed by atoms with Crippen LogP contribution in [0.3, 0.4) is 0 Å². The van der Waals surface area contributed by atoms with Crippen LogP contribution in [-0.2, 0) is 22.5 Å². The van der Waals surface area contributed by atoms with Crippen LogP contribution in [0.2, 0.25) is 0 Å². The van der Waals surface area contributed by atoms with Crippen LogP contribution >= 0.6 is 11.8 Å². The second kappa shape index (κ2) is 9.50. The minimum Gasteiger partial charge on any atom is -0.452 e.